The van der Waals surface area contributed by atoms with E-state index in [1.165, 1.54) is 7.11 Å². The number of esters is 1. The minimum absolute atomic E-state index is 0.118. The van der Waals surface area contributed by atoms with Crippen LogP contribution in [-0.4, -0.2) is 36.1 Å². The van der Waals surface area contributed by atoms with E-state index >= 15 is 0 Å². The average Bonchev–Trinajstić information content (AvgIpc) is 2.87. The highest BCUT2D eigenvalue weighted by Crippen LogP contribution is 2.38. The number of hydrogen-bond acceptors (Lipinski definition) is 4. The number of carbonyl (C=O) groups excluding carboxylic acids is 2. The lowest BCUT2D eigenvalue weighted by Crippen LogP contribution is -2.48. The Balaban J connectivity index is 2.80. The van der Waals surface area contributed by atoms with Crippen LogP contribution in [0, 0.1) is 23.7 Å². The van der Waals surface area contributed by atoms with E-state index in [0.717, 1.165) is 6.42 Å². The molecule has 0 saturated heterocycles. The van der Waals surface area contributed by atoms with Gasteiger partial charge in [-0.3, -0.25) is 9.59 Å². The second kappa shape index (κ2) is 7.43. The van der Waals surface area contributed by atoms with E-state index in [2.05, 4.69) is 10.1 Å². The third-order valence-corrected chi connectivity index (χ3v) is 4.31. The molecule has 0 spiro atoms. The molecule has 0 aliphatic heterocycles. The largest absolute Gasteiger partial charge is 0.481 e. The molecule has 1 amide bonds. The van der Waals surface area contributed by atoms with E-state index in [-0.39, 0.29) is 17.7 Å². The highest BCUT2D eigenvalue weighted by atomic mass is 16.5. The second-order valence-corrected chi connectivity index (χ2v) is 6.05. The van der Waals surface area contributed by atoms with Crippen LogP contribution in [0.15, 0.2) is 0 Å². The van der Waals surface area contributed by atoms with Crippen molar-refractivity contribution in [3.8, 4) is 0 Å². The Kier molecular flexibility index (Phi) is 6.18. The molecule has 1 saturated carbocycles. The van der Waals surface area contributed by atoms with Crippen molar-refractivity contribution >= 4 is 17.8 Å². The lowest BCUT2D eigenvalue weighted by atomic mass is 9.94. The third-order valence-electron chi connectivity index (χ3n) is 4.31. The molecule has 2 N–H and O–H groups in total. The predicted molar refractivity (Wildman–Crippen MR) is 76.4 cm³/mol. The zero-order valence-electron chi connectivity index (χ0n) is 13.1. The van der Waals surface area contributed by atoms with Gasteiger partial charge in [-0.25, -0.2) is 4.79 Å². The molecule has 0 heterocycles. The van der Waals surface area contributed by atoms with Gasteiger partial charge in [0, 0.05) is 0 Å². The molecule has 120 valence electrons. The summed E-state index contributed by atoms with van der Waals surface area (Å²) in [6.07, 6.45) is 1.94. The molecule has 0 bridgehead atoms. The van der Waals surface area contributed by atoms with E-state index in [1.54, 1.807) is 13.8 Å². The van der Waals surface area contributed by atoms with E-state index in [1.807, 2.05) is 6.92 Å². The zero-order chi connectivity index (χ0) is 16.2. The molecule has 0 aromatic heterocycles. The highest BCUT2D eigenvalue weighted by Gasteiger charge is 2.43. The molecule has 1 unspecified atom stereocenters. The summed E-state index contributed by atoms with van der Waals surface area (Å²) >= 11 is 0. The topological polar surface area (TPSA) is 92.7 Å². The Hall–Kier alpha value is -1.59. The summed E-state index contributed by atoms with van der Waals surface area (Å²) in [6, 6.07) is -0.738. The van der Waals surface area contributed by atoms with Gasteiger partial charge < -0.3 is 15.2 Å². The Morgan fingerprint density at radius 2 is 1.81 bits per heavy atom. The molecule has 1 aliphatic carbocycles. The van der Waals surface area contributed by atoms with Gasteiger partial charge in [0.25, 0.3) is 0 Å². The number of ether oxygens (including phenoxy) is 1. The van der Waals surface area contributed by atoms with Crippen molar-refractivity contribution in [1.29, 1.82) is 0 Å². The molecule has 4 atom stereocenters. The SMILES string of the molecule is CCC1C[C@H](C(=O)N[C@H](C(=O)OC)C(C)C)[C@H](C(=O)O)C1. The number of hydrogen-bond donors (Lipinski definition) is 2. The van der Waals surface area contributed by atoms with Gasteiger partial charge in [0.15, 0.2) is 0 Å². The van der Waals surface area contributed by atoms with Crippen molar-refractivity contribution in [2.45, 2.75) is 46.1 Å². The minimum Gasteiger partial charge on any atom is -0.481 e. The van der Waals surface area contributed by atoms with E-state index < -0.39 is 29.8 Å². The number of aliphatic carboxylic acids is 1. The van der Waals surface area contributed by atoms with Crippen LogP contribution in [0.3, 0.4) is 0 Å². The number of nitrogens with one attached hydrogen (secondary N) is 1. The van der Waals surface area contributed by atoms with Crippen molar-refractivity contribution in [1.82, 2.24) is 5.32 Å². The van der Waals surface area contributed by atoms with Crippen LogP contribution in [-0.2, 0) is 19.1 Å². The fourth-order valence-electron chi connectivity index (χ4n) is 2.92. The predicted octanol–water partition coefficient (Wildman–Crippen LogP) is 1.44. The summed E-state index contributed by atoms with van der Waals surface area (Å²) in [4.78, 5) is 35.4. The molecular weight excluding hydrogens is 274 g/mol. The highest BCUT2D eigenvalue weighted by molar-refractivity contribution is 5.89. The maximum Gasteiger partial charge on any atom is 0.328 e. The first-order valence-corrected chi connectivity index (χ1v) is 7.42. The summed E-state index contributed by atoms with van der Waals surface area (Å²) < 4.78 is 4.68. The quantitative estimate of drug-likeness (QED) is 0.724. The van der Waals surface area contributed by atoms with Gasteiger partial charge in [-0.2, -0.15) is 0 Å². The molecule has 0 aromatic rings. The lowest BCUT2D eigenvalue weighted by molar-refractivity contribution is -0.149. The van der Waals surface area contributed by atoms with Crippen molar-refractivity contribution in [2.24, 2.45) is 23.7 Å². The first kappa shape index (κ1) is 17.5. The lowest BCUT2D eigenvalue weighted by Gasteiger charge is -2.23. The smallest absolute Gasteiger partial charge is 0.328 e. The molecule has 0 radical (unpaired) electrons. The Bertz CT molecular complexity index is 407. The van der Waals surface area contributed by atoms with Gasteiger partial charge in [-0.05, 0) is 24.7 Å². The maximum absolute atomic E-state index is 12.4. The van der Waals surface area contributed by atoms with Gasteiger partial charge in [0.05, 0.1) is 18.9 Å². The van der Waals surface area contributed by atoms with E-state index in [4.69, 9.17) is 0 Å². The molecule has 1 aliphatic rings. The zero-order valence-corrected chi connectivity index (χ0v) is 13.1. The number of carboxylic acids is 1. The van der Waals surface area contributed by atoms with Gasteiger partial charge in [0.1, 0.15) is 6.04 Å². The summed E-state index contributed by atoms with van der Waals surface area (Å²) in [6.45, 7) is 5.61. The average molecular weight is 299 g/mol. The van der Waals surface area contributed by atoms with Crippen LogP contribution in [0.5, 0.6) is 0 Å². The molecular formula is C15H25NO5. The fraction of sp³-hybridized carbons (Fsp3) is 0.800. The second-order valence-electron chi connectivity index (χ2n) is 6.05. The van der Waals surface area contributed by atoms with Crippen LogP contribution >= 0.6 is 0 Å². The minimum atomic E-state index is -0.940. The van der Waals surface area contributed by atoms with E-state index in [0.29, 0.717) is 12.8 Å². The van der Waals surface area contributed by atoms with Crippen molar-refractivity contribution in [3.05, 3.63) is 0 Å². The fourth-order valence-corrected chi connectivity index (χ4v) is 2.92. The Morgan fingerprint density at radius 3 is 2.24 bits per heavy atom. The summed E-state index contributed by atoms with van der Waals surface area (Å²) in [5.41, 5.74) is 0. The first-order chi connectivity index (χ1) is 9.81. The Labute approximate surface area is 125 Å². The summed E-state index contributed by atoms with van der Waals surface area (Å²) in [5.74, 6) is -2.91. The third kappa shape index (κ3) is 4.19. The van der Waals surface area contributed by atoms with Gasteiger partial charge in [0.2, 0.25) is 5.91 Å². The molecule has 0 aromatic carbocycles. The standard InChI is InChI=1S/C15H25NO5/c1-5-9-6-10(11(7-9)14(18)19)13(17)16-12(8(2)3)15(20)21-4/h8-12H,5-7H2,1-4H3,(H,16,17)(H,18,19)/t9?,10-,11+,12-/m0/s1. The van der Waals surface area contributed by atoms with Gasteiger partial charge in [-0.15, -0.1) is 0 Å². The van der Waals surface area contributed by atoms with Crippen molar-refractivity contribution in [3.63, 3.8) is 0 Å². The van der Waals surface area contributed by atoms with Crippen LogP contribution in [0.25, 0.3) is 0 Å². The van der Waals surface area contributed by atoms with Gasteiger partial charge in [-0.1, -0.05) is 27.2 Å². The van der Waals surface area contributed by atoms with Crippen LogP contribution < -0.4 is 5.32 Å². The molecule has 1 rings (SSSR count). The Morgan fingerprint density at radius 1 is 1.24 bits per heavy atom. The molecule has 6 heteroatoms. The summed E-state index contributed by atoms with van der Waals surface area (Å²) in [7, 11) is 1.27. The maximum atomic E-state index is 12.4. The van der Waals surface area contributed by atoms with E-state index in [9.17, 15) is 19.5 Å². The van der Waals surface area contributed by atoms with Crippen LogP contribution in [0.1, 0.15) is 40.0 Å². The number of carbonyl (C=O) groups is 3. The van der Waals surface area contributed by atoms with Crippen LogP contribution in [0.4, 0.5) is 0 Å². The number of methoxy groups -OCH3 is 1. The number of rotatable bonds is 6. The molecule has 21 heavy (non-hydrogen) atoms. The van der Waals surface area contributed by atoms with Crippen molar-refractivity contribution in [2.75, 3.05) is 7.11 Å². The number of carboxylic acid groups (broad SMARTS) is 1. The van der Waals surface area contributed by atoms with Crippen LogP contribution in [0.2, 0.25) is 0 Å². The first-order valence-electron chi connectivity index (χ1n) is 7.42. The van der Waals surface area contributed by atoms with Crippen molar-refractivity contribution < 1.29 is 24.2 Å². The normalized spacial score (nSPS) is 26.4. The summed E-state index contributed by atoms with van der Waals surface area (Å²) in [5, 5.41) is 11.9. The molecule has 1 fully saturated rings. The monoisotopic (exact) mass is 299 g/mol. The number of amides is 1. The molecule has 6 nitrogen and oxygen atoms in total. The van der Waals surface area contributed by atoms with Gasteiger partial charge >= 0.3 is 11.9 Å².